The lowest BCUT2D eigenvalue weighted by atomic mass is 10.2. The number of benzene rings is 1. The zero-order valence-corrected chi connectivity index (χ0v) is 15.1. The fourth-order valence-corrected chi connectivity index (χ4v) is 2.76. The van der Waals surface area contributed by atoms with E-state index in [0.29, 0.717) is 0 Å². The maximum atomic E-state index is 11.0. The third-order valence-corrected chi connectivity index (χ3v) is 4.18. The van der Waals surface area contributed by atoms with E-state index in [1.807, 2.05) is 18.2 Å². The maximum Gasteiger partial charge on any atom is 0.354 e. The molecule has 1 aliphatic heterocycles. The number of morpholine rings is 1. The van der Waals surface area contributed by atoms with E-state index in [-0.39, 0.29) is 11.6 Å². The smallest absolute Gasteiger partial charge is 0.354 e. The molecule has 144 valence electrons. The van der Waals surface area contributed by atoms with Gasteiger partial charge in [0.05, 0.1) is 26.0 Å². The largest absolute Gasteiger partial charge is 0.495 e. The van der Waals surface area contributed by atoms with E-state index in [9.17, 15) is 4.79 Å². The number of carbonyl (C=O) groups is 1. The quantitative estimate of drug-likeness (QED) is 0.636. The number of anilines is 3. The van der Waals surface area contributed by atoms with Crippen molar-refractivity contribution in [3.8, 4) is 5.75 Å². The van der Waals surface area contributed by atoms with Crippen LogP contribution in [0.4, 0.5) is 17.3 Å². The van der Waals surface area contributed by atoms with E-state index in [1.54, 1.807) is 7.11 Å². The minimum Gasteiger partial charge on any atom is -0.495 e. The van der Waals surface area contributed by atoms with Crippen molar-refractivity contribution in [1.82, 2.24) is 14.9 Å². The average molecular weight is 373 g/mol. The summed E-state index contributed by atoms with van der Waals surface area (Å²) >= 11 is 0. The van der Waals surface area contributed by atoms with Crippen LogP contribution >= 0.6 is 0 Å². The molecular weight excluding hydrogens is 350 g/mol. The van der Waals surface area contributed by atoms with E-state index >= 15 is 0 Å². The predicted octanol–water partition coefficient (Wildman–Crippen LogP) is 1.67. The fraction of sp³-hybridized carbons (Fsp3) is 0.389. The highest BCUT2D eigenvalue weighted by Crippen LogP contribution is 2.28. The van der Waals surface area contributed by atoms with Gasteiger partial charge in [0.25, 0.3) is 0 Å². The molecule has 0 amide bonds. The Hall–Kier alpha value is -2.91. The molecule has 27 heavy (non-hydrogen) atoms. The van der Waals surface area contributed by atoms with E-state index in [1.165, 1.54) is 12.3 Å². The number of methoxy groups -OCH3 is 1. The minimum atomic E-state index is -1.10. The molecule has 1 aliphatic rings. The molecule has 0 bridgehead atoms. The van der Waals surface area contributed by atoms with Crippen molar-refractivity contribution in [1.29, 1.82) is 0 Å². The van der Waals surface area contributed by atoms with Crippen LogP contribution in [0, 0.1) is 0 Å². The third-order valence-electron chi connectivity index (χ3n) is 4.18. The zero-order valence-electron chi connectivity index (χ0n) is 15.1. The Morgan fingerprint density at radius 3 is 2.89 bits per heavy atom. The van der Waals surface area contributed by atoms with E-state index < -0.39 is 5.97 Å². The molecule has 0 spiro atoms. The van der Waals surface area contributed by atoms with Crippen molar-refractivity contribution >= 4 is 23.3 Å². The maximum absolute atomic E-state index is 11.0. The van der Waals surface area contributed by atoms with Gasteiger partial charge in [-0.15, -0.1) is 0 Å². The highest BCUT2D eigenvalue weighted by molar-refractivity contribution is 5.85. The normalized spacial score (nSPS) is 14.6. The van der Waals surface area contributed by atoms with Gasteiger partial charge < -0.3 is 25.2 Å². The molecule has 3 rings (SSSR count). The van der Waals surface area contributed by atoms with Gasteiger partial charge in [0.1, 0.15) is 5.75 Å². The molecule has 9 nitrogen and oxygen atoms in total. The number of hydrogen-bond acceptors (Lipinski definition) is 8. The standard InChI is InChI=1S/C18H23N5O4/c1-26-16-3-2-13(21-18-20-5-4-14(22-18)17(24)25)12-15(16)19-6-7-23-8-10-27-11-9-23/h2-5,12,19H,6-11H2,1H3,(H,24,25)(H,20,21,22). The summed E-state index contributed by atoms with van der Waals surface area (Å²) in [6, 6.07) is 6.89. The molecule has 2 heterocycles. The Morgan fingerprint density at radius 1 is 1.33 bits per heavy atom. The van der Waals surface area contributed by atoms with Gasteiger partial charge in [0.15, 0.2) is 5.69 Å². The SMILES string of the molecule is COc1ccc(Nc2nccc(C(=O)O)n2)cc1NCCN1CCOCC1. The fourth-order valence-electron chi connectivity index (χ4n) is 2.76. The van der Waals surface area contributed by atoms with Crippen LogP contribution in [0.1, 0.15) is 10.5 Å². The first-order valence-corrected chi connectivity index (χ1v) is 8.71. The van der Waals surface area contributed by atoms with Gasteiger partial charge in [-0.1, -0.05) is 0 Å². The molecule has 0 radical (unpaired) electrons. The summed E-state index contributed by atoms with van der Waals surface area (Å²) in [6.45, 7) is 5.12. The average Bonchev–Trinajstić information content (AvgIpc) is 2.69. The van der Waals surface area contributed by atoms with Crippen LogP contribution in [0.3, 0.4) is 0 Å². The molecule has 9 heteroatoms. The Morgan fingerprint density at radius 2 is 2.15 bits per heavy atom. The summed E-state index contributed by atoms with van der Waals surface area (Å²) in [5.74, 6) is -0.150. The number of carboxylic acid groups (broad SMARTS) is 1. The van der Waals surface area contributed by atoms with Crippen molar-refractivity contribution in [2.75, 3.05) is 57.1 Å². The summed E-state index contributed by atoms with van der Waals surface area (Å²) in [5, 5.41) is 15.4. The van der Waals surface area contributed by atoms with Crippen LogP contribution in [0.15, 0.2) is 30.5 Å². The molecule has 2 aromatic rings. The van der Waals surface area contributed by atoms with Crippen LogP contribution in [0.5, 0.6) is 5.75 Å². The number of aromatic carboxylic acids is 1. The summed E-state index contributed by atoms with van der Waals surface area (Å²) in [5.41, 5.74) is 1.50. The first-order valence-electron chi connectivity index (χ1n) is 8.71. The van der Waals surface area contributed by atoms with Crippen molar-refractivity contribution in [3.05, 3.63) is 36.2 Å². The monoisotopic (exact) mass is 373 g/mol. The zero-order chi connectivity index (χ0) is 19.1. The molecular formula is C18H23N5O4. The highest BCUT2D eigenvalue weighted by Gasteiger charge is 2.11. The van der Waals surface area contributed by atoms with Crippen LogP contribution < -0.4 is 15.4 Å². The second kappa shape index (κ2) is 9.15. The van der Waals surface area contributed by atoms with Crippen molar-refractivity contribution in [2.24, 2.45) is 0 Å². The van der Waals surface area contributed by atoms with Crippen LogP contribution in [-0.4, -0.2) is 72.4 Å². The molecule has 1 aromatic carbocycles. The van der Waals surface area contributed by atoms with Crippen LogP contribution in [0.25, 0.3) is 0 Å². The van der Waals surface area contributed by atoms with Gasteiger partial charge in [0, 0.05) is 38.1 Å². The number of carboxylic acids is 1. The number of aromatic nitrogens is 2. The molecule has 1 fully saturated rings. The Labute approximate surface area is 157 Å². The van der Waals surface area contributed by atoms with Gasteiger partial charge in [-0.05, 0) is 24.3 Å². The van der Waals surface area contributed by atoms with Gasteiger partial charge in [-0.25, -0.2) is 14.8 Å². The lowest BCUT2D eigenvalue weighted by Crippen LogP contribution is -2.39. The summed E-state index contributed by atoms with van der Waals surface area (Å²) < 4.78 is 10.8. The highest BCUT2D eigenvalue weighted by atomic mass is 16.5. The third kappa shape index (κ3) is 5.28. The predicted molar refractivity (Wildman–Crippen MR) is 101 cm³/mol. The molecule has 1 saturated heterocycles. The Bertz CT molecular complexity index is 780. The molecule has 0 aliphatic carbocycles. The molecule has 1 aromatic heterocycles. The van der Waals surface area contributed by atoms with E-state index in [0.717, 1.165) is 56.5 Å². The first kappa shape index (κ1) is 18.9. The summed E-state index contributed by atoms with van der Waals surface area (Å²) in [6.07, 6.45) is 1.41. The second-order valence-electron chi connectivity index (χ2n) is 5.99. The minimum absolute atomic E-state index is 0.0649. The first-order chi connectivity index (χ1) is 13.2. The van der Waals surface area contributed by atoms with Crippen LogP contribution in [0.2, 0.25) is 0 Å². The van der Waals surface area contributed by atoms with E-state index in [4.69, 9.17) is 14.6 Å². The number of nitrogens with one attached hydrogen (secondary N) is 2. The Balaban J connectivity index is 1.65. The number of hydrogen-bond donors (Lipinski definition) is 3. The van der Waals surface area contributed by atoms with Gasteiger partial charge in [0.2, 0.25) is 5.95 Å². The Kier molecular flexibility index (Phi) is 6.39. The van der Waals surface area contributed by atoms with Crippen molar-refractivity contribution < 1.29 is 19.4 Å². The summed E-state index contributed by atoms with van der Waals surface area (Å²) in [4.78, 5) is 21.4. The number of nitrogens with zero attached hydrogens (tertiary/aromatic N) is 3. The van der Waals surface area contributed by atoms with Crippen LogP contribution in [-0.2, 0) is 4.74 Å². The molecule has 0 saturated carbocycles. The van der Waals surface area contributed by atoms with Gasteiger partial charge in [-0.3, -0.25) is 4.90 Å². The molecule has 0 atom stereocenters. The number of rotatable bonds is 8. The topological polar surface area (TPSA) is 109 Å². The summed E-state index contributed by atoms with van der Waals surface area (Å²) in [7, 11) is 1.62. The lowest BCUT2D eigenvalue weighted by molar-refractivity contribution is 0.0398. The van der Waals surface area contributed by atoms with Gasteiger partial charge in [-0.2, -0.15) is 0 Å². The number of ether oxygens (including phenoxy) is 2. The van der Waals surface area contributed by atoms with Crippen molar-refractivity contribution in [3.63, 3.8) is 0 Å². The lowest BCUT2D eigenvalue weighted by Gasteiger charge is -2.26. The van der Waals surface area contributed by atoms with Gasteiger partial charge >= 0.3 is 5.97 Å². The molecule has 0 unspecified atom stereocenters. The molecule has 3 N–H and O–H groups in total. The van der Waals surface area contributed by atoms with E-state index in [2.05, 4.69) is 25.5 Å². The van der Waals surface area contributed by atoms with Crippen molar-refractivity contribution in [2.45, 2.75) is 0 Å². The second-order valence-corrected chi connectivity index (χ2v) is 5.99.